The van der Waals surface area contributed by atoms with Gasteiger partial charge in [-0.2, -0.15) is 4.80 Å². The molecule has 2 saturated heterocycles. The summed E-state index contributed by atoms with van der Waals surface area (Å²) in [7, 11) is 5.43. The predicted octanol–water partition coefficient (Wildman–Crippen LogP) is 2.07. The molecule has 2 unspecified atom stereocenters. The fourth-order valence-corrected chi connectivity index (χ4v) is 4.84. The van der Waals surface area contributed by atoms with Crippen molar-refractivity contribution in [1.82, 2.24) is 30.4 Å². The molecule has 0 spiro atoms. The SMILES string of the molecule is [CH]n1nnc(-c2nnc(N3CC4CN(c5cc(F)ccc5Cl)CC4C3)s2)n1. The Morgan fingerprint density at radius 3 is 2.52 bits per heavy atom. The van der Waals surface area contributed by atoms with Gasteiger partial charge in [-0.15, -0.1) is 20.4 Å². The molecule has 2 radical (unpaired) electrons. The molecule has 8 nitrogen and oxygen atoms in total. The number of rotatable bonds is 3. The topological polar surface area (TPSA) is 75.9 Å². The third-order valence-electron chi connectivity index (χ3n) is 5.04. The van der Waals surface area contributed by atoms with E-state index >= 15 is 0 Å². The van der Waals surface area contributed by atoms with Gasteiger partial charge in [-0.1, -0.05) is 22.9 Å². The number of aromatic nitrogens is 6. The van der Waals surface area contributed by atoms with Crippen LogP contribution in [0.3, 0.4) is 0 Å². The van der Waals surface area contributed by atoms with Crippen molar-refractivity contribution in [3.63, 3.8) is 0 Å². The van der Waals surface area contributed by atoms with Crippen LogP contribution in [0.25, 0.3) is 10.8 Å². The molecule has 27 heavy (non-hydrogen) atoms. The van der Waals surface area contributed by atoms with Crippen molar-refractivity contribution < 1.29 is 4.39 Å². The molecule has 2 fully saturated rings. The summed E-state index contributed by atoms with van der Waals surface area (Å²) in [5, 5.41) is 21.8. The highest BCUT2D eigenvalue weighted by molar-refractivity contribution is 7.18. The zero-order valence-corrected chi connectivity index (χ0v) is 15.6. The molecule has 0 N–H and O–H groups in total. The van der Waals surface area contributed by atoms with Gasteiger partial charge in [-0.25, -0.2) is 4.39 Å². The number of fused-ring (bicyclic) bond motifs is 1. The Labute approximate surface area is 163 Å². The lowest BCUT2D eigenvalue weighted by Gasteiger charge is -2.23. The molecule has 3 aromatic rings. The lowest BCUT2D eigenvalue weighted by molar-refractivity contribution is 0.533. The van der Waals surface area contributed by atoms with Crippen LogP contribution in [0.1, 0.15) is 0 Å². The van der Waals surface area contributed by atoms with Gasteiger partial charge in [0, 0.05) is 38.0 Å². The molecule has 2 atom stereocenters. The molecule has 4 heterocycles. The highest BCUT2D eigenvalue weighted by Gasteiger charge is 2.41. The van der Waals surface area contributed by atoms with Crippen LogP contribution < -0.4 is 9.80 Å². The quantitative estimate of drug-likeness (QED) is 0.661. The van der Waals surface area contributed by atoms with Crippen molar-refractivity contribution in [2.45, 2.75) is 0 Å². The van der Waals surface area contributed by atoms with Gasteiger partial charge in [-0.3, -0.25) is 0 Å². The van der Waals surface area contributed by atoms with E-state index in [0.717, 1.165) is 41.8 Å². The first kappa shape index (κ1) is 16.8. The first-order chi connectivity index (χ1) is 13.1. The minimum absolute atomic E-state index is 0.266. The van der Waals surface area contributed by atoms with Crippen molar-refractivity contribution in [2.24, 2.45) is 11.8 Å². The van der Waals surface area contributed by atoms with Gasteiger partial charge in [0.05, 0.1) is 10.7 Å². The molecule has 5 rings (SSSR count). The third-order valence-corrected chi connectivity index (χ3v) is 6.34. The van der Waals surface area contributed by atoms with E-state index < -0.39 is 0 Å². The van der Waals surface area contributed by atoms with E-state index in [1.54, 1.807) is 6.07 Å². The van der Waals surface area contributed by atoms with Crippen LogP contribution in [-0.2, 0) is 0 Å². The minimum Gasteiger partial charge on any atom is -0.370 e. The van der Waals surface area contributed by atoms with Gasteiger partial charge in [0.2, 0.25) is 11.0 Å². The number of nitrogens with zero attached hydrogens (tertiary/aromatic N) is 8. The highest BCUT2D eigenvalue weighted by Crippen LogP contribution is 2.39. The fourth-order valence-electron chi connectivity index (χ4n) is 3.82. The maximum Gasteiger partial charge on any atom is 0.235 e. The van der Waals surface area contributed by atoms with E-state index in [4.69, 9.17) is 18.6 Å². The first-order valence-corrected chi connectivity index (χ1v) is 9.60. The summed E-state index contributed by atoms with van der Waals surface area (Å²) in [6.07, 6.45) is 0. The van der Waals surface area contributed by atoms with E-state index in [-0.39, 0.29) is 5.82 Å². The van der Waals surface area contributed by atoms with Gasteiger partial charge >= 0.3 is 0 Å². The standard InChI is InChI=1S/C16H14ClFN8S/c1-24-22-14(19-23-24)15-20-21-16(27-15)26-7-9-5-25(6-10(9)8-26)13-4-11(18)2-3-12(13)17/h1-4,9-10H,5-8H2. The molecule has 2 aliphatic rings. The molecule has 11 heteroatoms. The summed E-state index contributed by atoms with van der Waals surface area (Å²) in [5.41, 5.74) is 0.770. The van der Waals surface area contributed by atoms with Gasteiger partial charge in [0.25, 0.3) is 0 Å². The molecule has 0 saturated carbocycles. The summed E-state index contributed by atoms with van der Waals surface area (Å²) in [6, 6.07) is 4.51. The number of anilines is 2. The number of halogens is 2. The molecule has 1 aromatic carbocycles. The Hall–Kier alpha value is -2.33. The average Bonchev–Trinajstić information content (AvgIpc) is 3.38. The first-order valence-electron chi connectivity index (χ1n) is 8.41. The second-order valence-electron chi connectivity index (χ2n) is 6.75. The van der Waals surface area contributed by atoms with Crippen molar-refractivity contribution in [2.75, 3.05) is 36.0 Å². The number of hydrogen-bond donors (Lipinski definition) is 0. The van der Waals surface area contributed by atoms with Crippen molar-refractivity contribution in [3.05, 3.63) is 36.1 Å². The van der Waals surface area contributed by atoms with Gasteiger partial charge in [0.15, 0.2) is 5.01 Å². The molecule has 0 aliphatic carbocycles. The van der Waals surface area contributed by atoms with Crippen LogP contribution in [0.15, 0.2) is 18.2 Å². The number of tetrazole rings is 1. The highest BCUT2D eigenvalue weighted by atomic mass is 35.5. The van der Waals surface area contributed by atoms with Crippen molar-refractivity contribution >= 4 is 33.8 Å². The smallest absolute Gasteiger partial charge is 0.235 e. The number of benzene rings is 1. The van der Waals surface area contributed by atoms with E-state index in [1.807, 2.05) is 0 Å². The Bertz CT molecular complexity index is 976. The van der Waals surface area contributed by atoms with Crippen molar-refractivity contribution in [1.29, 1.82) is 0 Å². The summed E-state index contributed by atoms with van der Waals surface area (Å²) >= 11 is 7.68. The molecule has 2 aliphatic heterocycles. The van der Waals surface area contributed by atoms with Gasteiger partial charge < -0.3 is 9.80 Å². The van der Waals surface area contributed by atoms with Crippen LogP contribution in [0.2, 0.25) is 5.02 Å². The van der Waals surface area contributed by atoms with Crippen LogP contribution >= 0.6 is 22.9 Å². The normalized spacial score (nSPS) is 21.9. The van der Waals surface area contributed by atoms with Gasteiger partial charge in [0.1, 0.15) is 12.9 Å². The molecule has 0 bridgehead atoms. The summed E-state index contributed by atoms with van der Waals surface area (Å²) in [5.74, 6) is 1.05. The summed E-state index contributed by atoms with van der Waals surface area (Å²) in [6.45, 7) is 3.44. The maximum atomic E-state index is 13.6. The van der Waals surface area contributed by atoms with Crippen LogP contribution in [-0.4, -0.2) is 56.6 Å². The predicted molar refractivity (Wildman–Crippen MR) is 99.2 cm³/mol. The molecule has 0 amide bonds. The van der Waals surface area contributed by atoms with E-state index in [1.165, 1.54) is 23.5 Å². The fraction of sp³-hybridized carbons (Fsp3) is 0.375. The third kappa shape index (κ3) is 3.02. The average molecular weight is 405 g/mol. The Balaban J connectivity index is 1.29. The molecule has 2 aromatic heterocycles. The molecular weight excluding hydrogens is 391 g/mol. The minimum atomic E-state index is -0.266. The Morgan fingerprint density at radius 1 is 1.07 bits per heavy atom. The molecule has 138 valence electrons. The van der Waals surface area contributed by atoms with Crippen LogP contribution in [0, 0.1) is 24.7 Å². The molecular formula is C16H14ClFN8S. The Kier molecular flexibility index (Phi) is 3.97. The van der Waals surface area contributed by atoms with Crippen LogP contribution in [0.4, 0.5) is 15.2 Å². The summed E-state index contributed by atoms with van der Waals surface area (Å²) < 4.78 is 13.6. The number of hydrogen-bond acceptors (Lipinski definition) is 8. The lowest BCUT2D eigenvalue weighted by Crippen LogP contribution is -2.28. The maximum absolute atomic E-state index is 13.6. The lowest BCUT2D eigenvalue weighted by atomic mass is 10.0. The largest absolute Gasteiger partial charge is 0.370 e. The van der Waals surface area contributed by atoms with Crippen LogP contribution in [0.5, 0.6) is 0 Å². The van der Waals surface area contributed by atoms with E-state index in [0.29, 0.717) is 27.7 Å². The second-order valence-corrected chi connectivity index (χ2v) is 8.11. The zero-order chi connectivity index (χ0) is 18.5. The van der Waals surface area contributed by atoms with E-state index in [9.17, 15) is 4.39 Å². The van der Waals surface area contributed by atoms with Gasteiger partial charge in [-0.05, 0) is 23.4 Å². The second kappa shape index (κ2) is 6.38. The zero-order valence-electron chi connectivity index (χ0n) is 14.0. The monoisotopic (exact) mass is 404 g/mol. The Morgan fingerprint density at radius 2 is 1.81 bits per heavy atom. The summed E-state index contributed by atoms with van der Waals surface area (Å²) in [4.78, 5) is 5.31. The van der Waals surface area contributed by atoms with Crippen molar-refractivity contribution in [3.8, 4) is 10.8 Å². The van der Waals surface area contributed by atoms with E-state index in [2.05, 4.69) is 35.4 Å².